The first-order valence-corrected chi connectivity index (χ1v) is 7.95. The van der Waals surface area contributed by atoms with Crippen LogP contribution in [0.3, 0.4) is 0 Å². The van der Waals surface area contributed by atoms with Crippen LogP contribution in [0, 0.1) is 0 Å². The van der Waals surface area contributed by atoms with Crippen molar-refractivity contribution in [3.05, 3.63) is 29.8 Å². The van der Waals surface area contributed by atoms with Crippen molar-refractivity contribution in [1.82, 2.24) is 5.32 Å². The minimum absolute atomic E-state index is 0.0498. The maximum atomic E-state index is 11.9. The van der Waals surface area contributed by atoms with Crippen LogP contribution in [0.1, 0.15) is 25.3 Å². The van der Waals surface area contributed by atoms with Gasteiger partial charge in [-0.1, -0.05) is 12.1 Å². The van der Waals surface area contributed by atoms with Gasteiger partial charge in [-0.15, -0.1) is 0 Å². The molecule has 6 heteroatoms. The number of carbonyl (C=O) groups is 2. The van der Waals surface area contributed by atoms with Gasteiger partial charge in [0.05, 0.1) is 6.42 Å². The first kappa shape index (κ1) is 15.7. The number of carboxylic acid groups (broad SMARTS) is 1. The lowest BCUT2D eigenvalue weighted by Gasteiger charge is -2.22. The number of thioether (sulfide) groups is 1. The van der Waals surface area contributed by atoms with Gasteiger partial charge in [0.15, 0.2) is 0 Å². The van der Waals surface area contributed by atoms with E-state index in [0.717, 1.165) is 12.2 Å². The fourth-order valence-corrected chi connectivity index (χ4v) is 3.60. The molecule has 1 unspecified atom stereocenters. The van der Waals surface area contributed by atoms with Gasteiger partial charge in [-0.05, 0) is 43.2 Å². The standard InChI is InChI=1S/C15H20N2O3S/c1-15(6-3-7-21-15)10-16-14(20)17-12-5-2-4-11(8-12)9-13(18)19/h2,4-5,8H,3,6-7,9-10H2,1H3,(H,18,19)(H2,16,17,20). The molecule has 0 radical (unpaired) electrons. The average molecular weight is 308 g/mol. The highest BCUT2D eigenvalue weighted by atomic mass is 32.2. The molecule has 2 rings (SSSR count). The van der Waals surface area contributed by atoms with Crippen LogP contribution < -0.4 is 10.6 Å². The molecule has 1 aliphatic heterocycles. The molecule has 1 aromatic carbocycles. The lowest BCUT2D eigenvalue weighted by molar-refractivity contribution is -0.136. The maximum absolute atomic E-state index is 11.9. The van der Waals surface area contributed by atoms with Gasteiger partial charge in [0.1, 0.15) is 0 Å². The molecular formula is C15H20N2O3S. The molecule has 5 nitrogen and oxygen atoms in total. The van der Waals surface area contributed by atoms with E-state index in [-0.39, 0.29) is 17.2 Å². The monoisotopic (exact) mass is 308 g/mol. The highest BCUT2D eigenvalue weighted by molar-refractivity contribution is 8.00. The molecule has 1 fully saturated rings. The van der Waals surface area contributed by atoms with E-state index < -0.39 is 5.97 Å². The molecule has 0 aromatic heterocycles. The van der Waals surface area contributed by atoms with Crippen LogP contribution in [-0.2, 0) is 11.2 Å². The Morgan fingerprint density at radius 2 is 2.24 bits per heavy atom. The van der Waals surface area contributed by atoms with E-state index in [9.17, 15) is 9.59 Å². The zero-order chi connectivity index (χ0) is 15.3. The summed E-state index contributed by atoms with van der Waals surface area (Å²) in [5.74, 6) is 0.264. The molecule has 1 aromatic rings. The van der Waals surface area contributed by atoms with Gasteiger partial charge in [-0.3, -0.25) is 4.79 Å². The summed E-state index contributed by atoms with van der Waals surface area (Å²) >= 11 is 1.89. The van der Waals surface area contributed by atoms with E-state index in [1.54, 1.807) is 24.3 Å². The smallest absolute Gasteiger partial charge is 0.319 e. The Morgan fingerprint density at radius 1 is 1.43 bits per heavy atom. The van der Waals surface area contributed by atoms with Gasteiger partial charge in [-0.2, -0.15) is 11.8 Å². The zero-order valence-electron chi connectivity index (χ0n) is 12.0. The second-order valence-corrected chi connectivity index (χ2v) is 7.16. The van der Waals surface area contributed by atoms with Crippen molar-refractivity contribution in [1.29, 1.82) is 0 Å². The Hall–Kier alpha value is -1.69. The summed E-state index contributed by atoms with van der Waals surface area (Å²) in [6, 6.07) is 6.64. The number of carboxylic acids is 1. The molecule has 0 saturated carbocycles. The highest BCUT2D eigenvalue weighted by Gasteiger charge is 2.29. The quantitative estimate of drug-likeness (QED) is 0.781. The molecule has 0 bridgehead atoms. The minimum Gasteiger partial charge on any atom is -0.481 e. The summed E-state index contributed by atoms with van der Waals surface area (Å²) in [4.78, 5) is 22.6. The average Bonchev–Trinajstić information content (AvgIpc) is 2.84. The number of amides is 2. The van der Waals surface area contributed by atoms with Crippen molar-refractivity contribution < 1.29 is 14.7 Å². The van der Waals surface area contributed by atoms with E-state index in [1.807, 2.05) is 11.8 Å². The molecule has 1 heterocycles. The predicted molar refractivity (Wildman–Crippen MR) is 84.9 cm³/mol. The van der Waals surface area contributed by atoms with Crippen molar-refractivity contribution in [2.75, 3.05) is 17.6 Å². The molecule has 21 heavy (non-hydrogen) atoms. The fourth-order valence-electron chi connectivity index (χ4n) is 2.35. The van der Waals surface area contributed by atoms with Crippen molar-refractivity contribution in [3.63, 3.8) is 0 Å². The summed E-state index contributed by atoms with van der Waals surface area (Å²) in [6.45, 7) is 2.80. The lowest BCUT2D eigenvalue weighted by atomic mass is 10.1. The molecule has 0 spiro atoms. The first-order chi connectivity index (χ1) is 9.97. The summed E-state index contributed by atoms with van der Waals surface area (Å²) in [6.07, 6.45) is 2.26. The largest absolute Gasteiger partial charge is 0.481 e. The van der Waals surface area contributed by atoms with Crippen LogP contribution >= 0.6 is 11.8 Å². The minimum atomic E-state index is -0.886. The Bertz CT molecular complexity index is 527. The van der Waals surface area contributed by atoms with E-state index in [1.165, 1.54) is 6.42 Å². The molecule has 1 saturated heterocycles. The van der Waals surface area contributed by atoms with Crippen molar-refractivity contribution in [3.8, 4) is 0 Å². The van der Waals surface area contributed by atoms with E-state index in [2.05, 4.69) is 17.6 Å². The third kappa shape index (κ3) is 4.97. The number of aliphatic carboxylic acids is 1. The highest BCUT2D eigenvalue weighted by Crippen LogP contribution is 2.36. The third-order valence-electron chi connectivity index (χ3n) is 3.46. The van der Waals surface area contributed by atoms with Gasteiger partial charge in [0, 0.05) is 17.0 Å². The van der Waals surface area contributed by atoms with E-state index in [4.69, 9.17) is 5.11 Å². The number of nitrogens with one attached hydrogen (secondary N) is 2. The Balaban J connectivity index is 1.86. The molecule has 2 amide bonds. The van der Waals surface area contributed by atoms with Gasteiger partial charge in [0.2, 0.25) is 0 Å². The number of benzene rings is 1. The number of rotatable bonds is 5. The first-order valence-electron chi connectivity index (χ1n) is 6.96. The molecule has 1 aliphatic rings. The molecule has 0 aliphatic carbocycles. The third-order valence-corrected chi connectivity index (χ3v) is 5.00. The van der Waals surface area contributed by atoms with E-state index in [0.29, 0.717) is 17.8 Å². The van der Waals surface area contributed by atoms with Gasteiger partial charge in [-0.25, -0.2) is 4.79 Å². The SMILES string of the molecule is CC1(CNC(=O)Nc2cccc(CC(=O)O)c2)CCCS1. The second-order valence-electron chi connectivity index (χ2n) is 5.48. The van der Waals surface area contributed by atoms with Crippen molar-refractivity contribution in [2.45, 2.75) is 30.9 Å². The number of urea groups is 1. The fraction of sp³-hybridized carbons (Fsp3) is 0.467. The van der Waals surface area contributed by atoms with Crippen LogP contribution in [0.25, 0.3) is 0 Å². The topological polar surface area (TPSA) is 78.4 Å². The van der Waals surface area contributed by atoms with Crippen LogP contribution in [0.2, 0.25) is 0 Å². The Labute approximate surface area is 128 Å². The lowest BCUT2D eigenvalue weighted by Crippen LogP contribution is -2.39. The van der Waals surface area contributed by atoms with Crippen LogP contribution in [0.15, 0.2) is 24.3 Å². The Kier molecular flexibility index (Phi) is 5.12. The Morgan fingerprint density at radius 3 is 2.90 bits per heavy atom. The zero-order valence-corrected chi connectivity index (χ0v) is 12.8. The summed E-state index contributed by atoms with van der Waals surface area (Å²) in [5, 5.41) is 14.4. The number of carbonyl (C=O) groups excluding carboxylic acids is 1. The summed E-state index contributed by atoms with van der Waals surface area (Å²) in [7, 11) is 0. The number of hydrogen-bond acceptors (Lipinski definition) is 3. The predicted octanol–water partition coefficient (Wildman–Crippen LogP) is 2.72. The normalized spacial score (nSPS) is 21.0. The van der Waals surface area contributed by atoms with Crippen LogP contribution in [0.4, 0.5) is 10.5 Å². The van der Waals surface area contributed by atoms with Gasteiger partial charge < -0.3 is 15.7 Å². The van der Waals surface area contributed by atoms with Crippen LogP contribution in [-0.4, -0.2) is 34.2 Å². The molecule has 1 atom stereocenters. The number of hydrogen-bond donors (Lipinski definition) is 3. The molecule has 3 N–H and O–H groups in total. The van der Waals surface area contributed by atoms with Gasteiger partial charge >= 0.3 is 12.0 Å². The summed E-state index contributed by atoms with van der Waals surface area (Å²) in [5.41, 5.74) is 1.27. The molecular weight excluding hydrogens is 288 g/mol. The van der Waals surface area contributed by atoms with Crippen molar-refractivity contribution >= 4 is 29.4 Å². The van der Waals surface area contributed by atoms with Crippen molar-refractivity contribution in [2.24, 2.45) is 0 Å². The molecule has 114 valence electrons. The number of anilines is 1. The summed E-state index contributed by atoms with van der Waals surface area (Å²) < 4.78 is 0.127. The maximum Gasteiger partial charge on any atom is 0.319 e. The van der Waals surface area contributed by atoms with Crippen LogP contribution in [0.5, 0.6) is 0 Å². The second kappa shape index (κ2) is 6.85. The van der Waals surface area contributed by atoms with Gasteiger partial charge in [0.25, 0.3) is 0 Å². The van der Waals surface area contributed by atoms with E-state index >= 15 is 0 Å².